The van der Waals surface area contributed by atoms with E-state index in [9.17, 15) is 0 Å². The smallest absolute Gasteiger partial charge is 0.182 e. The molecular formula is C50H49N7. The Morgan fingerprint density at radius 3 is 2.09 bits per heavy atom. The third-order valence-electron chi connectivity index (χ3n) is 10.8. The van der Waals surface area contributed by atoms with Crippen LogP contribution >= 0.6 is 0 Å². The van der Waals surface area contributed by atoms with Gasteiger partial charge in [-0.15, -0.1) is 0 Å². The first-order valence-corrected chi connectivity index (χ1v) is 20.0. The van der Waals surface area contributed by atoms with Crippen LogP contribution < -0.4 is 0 Å². The molecule has 0 atom stereocenters. The molecule has 3 aliphatic rings. The molecule has 4 aromatic rings. The van der Waals surface area contributed by atoms with Gasteiger partial charge in [-0.3, -0.25) is 9.97 Å². The average Bonchev–Trinajstić information content (AvgIpc) is 3.53. The number of allylic oxidation sites excluding steroid dienone is 14. The van der Waals surface area contributed by atoms with Crippen molar-refractivity contribution in [2.75, 3.05) is 0 Å². The van der Waals surface area contributed by atoms with Crippen molar-refractivity contribution in [1.82, 2.24) is 24.9 Å². The van der Waals surface area contributed by atoms with Crippen LogP contribution in [0.1, 0.15) is 88.6 Å². The number of pyridine rings is 2. The lowest BCUT2D eigenvalue weighted by molar-refractivity contribution is 0.383. The standard InChI is InChI=1S/C50H49N7/c1-5-50(6-2,43-29-19-26-41(32-33-43)48-55-47(39-22-11-8-12-23-39)56-49(57-48)45-31-14-16-35-52-45)42-27-17-24-40(25-18-28-42)46(53-36(3)38-20-9-7-10-21-38)54-37(4)44-30-13-15-34-51-44/h7,9-11,13-17,19-26,28,30-35H,4-6,8,12,18,27,29H2,1-3H3/b24-17-,40-25+,42-28+,53-36+,54-46-. The fourth-order valence-corrected chi connectivity index (χ4v) is 7.64. The predicted octanol–water partition coefficient (Wildman–Crippen LogP) is 11.9. The molecule has 0 spiro atoms. The zero-order valence-electron chi connectivity index (χ0n) is 33.1. The number of amidine groups is 1. The molecular weight excluding hydrogens is 699 g/mol. The summed E-state index contributed by atoms with van der Waals surface area (Å²) >= 11 is 0. The topological polar surface area (TPSA) is 89.2 Å². The molecule has 3 heterocycles. The van der Waals surface area contributed by atoms with Gasteiger partial charge in [-0.05, 0) is 81.7 Å². The van der Waals surface area contributed by atoms with Gasteiger partial charge in [0, 0.05) is 40.2 Å². The summed E-state index contributed by atoms with van der Waals surface area (Å²) in [5, 5.41) is 0. The molecule has 0 bridgehead atoms. The Hall–Kier alpha value is -6.47. The fourth-order valence-electron chi connectivity index (χ4n) is 7.64. The zero-order chi connectivity index (χ0) is 39.5. The maximum absolute atomic E-state index is 5.07. The van der Waals surface area contributed by atoms with E-state index in [2.05, 4.69) is 109 Å². The Balaban J connectivity index is 1.21. The van der Waals surface area contributed by atoms with Gasteiger partial charge in [-0.25, -0.2) is 24.9 Å². The van der Waals surface area contributed by atoms with Gasteiger partial charge in [0.15, 0.2) is 23.3 Å². The third-order valence-corrected chi connectivity index (χ3v) is 10.8. The Labute approximate surface area is 337 Å². The molecule has 3 aromatic heterocycles. The summed E-state index contributed by atoms with van der Waals surface area (Å²) in [6.07, 6.45) is 34.4. The SMILES string of the molecule is C=C(/N=C(\N=C(/C)c1ccccc1)C1=C/C/C=C(/C(CC)(CC)C2=CC=C(c3nc(C4=CCCC=C4)nc(-c4ccccn4)n3)C=CC2)C/C=C\1)c1ccccn1. The minimum atomic E-state index is -0.112. The van der Waals surface area contributed by atoms with E-state index in [1.54, 1.807) is 12.4 Å². The van der Waals surface area contributed by atoms with E-state index in [4.69, 9.17) is 24.9 Å². The number of nitrogens with zero attached hydrogens (tertiary/aromatic N) is 7. The summed E-state index contributed by atoms with van der Waals surface area (Å²) in [6, 6.07) is 21.8. The van der Waals surface area contributed by atoms with Crippen molar-refractivity contribution < 1.29 is 0 Å². The van der Waals surface area contributed by atoms with Gasteiger partial charge in [-0.2, -0.15) is 0 Å². The van der Waals surface area contributed by atoms with Crippen LogP contribution in [0.4, 0.5) is 0 Å². The summed E-state index contributed by atoms with van der Waals surface area (Å²) in [6.45, 7) is 10.9. The molecule has 7 nitrogen and oxygen atoms in total. The van der Waals surface area contributed by atoms with Crippen LogP contribution in [0.2, 0.25) is 0 Å². The van der Waals surface area contributed by atoms with Crippen molar-refractivity contribution in [3.63, 3.8) is 0 Å². The zero-order valence-corrected chi connectivity index (χ0v) is 33.1. The van der Waals surface area contributed by atoms with Crippen molar-refractivity contribution in [2.45, 2.75) is 65.7 Å². The summed E-state index contributed by atoms with van der Waals surface area (Å²) < 4.78 is 0. The minimum absolute atomic E-state index is 0.112. The van der Waals surface area contributed by atoms with Crippen molar-refractivity contribution in [1.29, 1.82) is 0 Å². The number of hydrogen-bond acceptors (Lipinski definition) is 6. The Bertz CT molecular complexity index is 2400. The number of benzene rings is 1. The molecule has 284 valence electrons. The van der Waals surface area contributed by atoms with Crippen molar-refractivity contribution >= 4 is 28.4 Å². The first-order valence-electron chi connectivity index (χ1n) is 20.0. The second-order valence-electron chi connectivity index (χ2n) is 14.3. The van der Waals surface area contributed by atoms with Gasteiger partial charge >= 0.3 is 0 Å². The Morgan fingerprint density at radius 1 is 0.667 bits per heavy atom. The van der Waals surface area contributed by atoms with Gasteiger partial charge in [0.1, 0.15) is 5.69 Å². The molecule has 0 radical (unpaired) electrons. The molecule has 0 aliphatic heterocycles. The number of hydrogen-bond donors (Lipinski definition) is 0. The molecule has 57 heavy (non-hydrogen) atoms. The minimum Gasteiger partial charge on any atom is -0.255 e. The highest BCUT2D eigenvalue weighted by molar-refractivity contribution is 6.13. The van der Waals surface area contributed by atoms with Crippen molar-refractivity contribution in [3.05, 3.63) is 192 Å². The van der Waals surface area contributed by atoms with Crippen LogP contribution in [-0.4, -0.2) is 36.5 Å². The van der Waals surface area contributed by atoms with Crippen molar-refractivity contribution in [3.8, 4) is 11.5 Å². The largest absolute Gasteiger partial charge is 0.255 e. The molecule has 0 amide bonds. The second-order valence-corrected chi connectivity index (χ2v) is 14.3. The third kappa shape index (κ3) is 9.16. The summed E-state index contributed by atoms with van der Waals surface area (Å²) in [5.41, 5.74) is 9.59. The second kappa shape index (κ2) is 18.4. The molecule has 1 aromatic carbocycles. The summed E-state index contributed by atoms with van der Waals surface area (Å²) in [5.74, 6) is 2.51. The molecule has 7 heteroatoms. The number of rotatable bonds is 11. The van der Waals surface area contributed by atoms with Crippen LogP contribution in [0, 0.1) is 5.41 Å². The first-order chi connectivity index (χ1) is 28.0. The maximum Gasteiger partial charge on any atom is 0.182 e. The lowest BCUT2D eigenvalue weighted by Crippen LogP contribution is -2.25. The Kier molecular flexibility index (Phi) is 12.6. The van der Waals surface area contributed by atoms with E-state index >= 15 is 0 Å². The molecule has 0 saturated carbocycles. The fraction of sp³-hybridized carbons (Fsp3) is 0.220. The quantitative estimate of drug-likeness (QED) is 0.0866. The van der Waals surface area contributed by atoms with Crippen LogP contribution in [0.5, 0.6) is 0 Å². The highest BCUT2D eigenvalue weighted by Crippen LogP contribution is 2.47. The predicted molar refractivity (Wildman–Crippen MR) is 236 cm³/mol. The lowest BCUT2D eigenvalue weighted by atomic mass is 9.67. The molecule has 0 saturated heterocycles. The lowest BCUT2D eigenvalue weighted by Gasteiger charge is -2.37. The van der Waals surface area contributed by atoms with Gasteiger partial charge in [0.25, 0.3) is 0 Å². The van der Waals surface area contributed by atoms with Gasteiger partial charge in [-0.1, -0.05) is 141 Å². The normalized spacial score (nSPS) is 18.8. The highest BCUT2D eigenvalue weighted by atomic mass is 15.0. The van der Waals surface area contributed by atoms with E-state index in [-0.39, 0.29) is 5.41 Å². The van der Waals surface area contributed by atoms with Crippen LogP contribution in [0.3, 0.4) is 0 Å². The van der Waals surface area contributed by atoms with E-state index in [1.807, 2.05) is 61.5 Å². The summed E-state index contributed by atoms with van der Waals surface area (Å²) in [7, 11) is 0. The molecule has 3 aliphatic carbocycles. The van der Waals surface area contributed by atoms with Crippen LogP contribution in [0.25, 0.3) is 28.4 Å². The molecule has 0 unspecified atom stereocenters. The van der Waals surface area contributed by atoms with Gasteiger partial charge in [0.05, 0.1) is 11.4 Å². The molecule has 7 rings (SSSR count). The summed E-state index contributed by atoms with van der Waals surface area (Å²) in [4.78, 5) is 33.9. The van der Waals surface area contributed by atoms with E-state index in [0.29, 0.717) is 29.0 Å². The first kappa shape index (κ1) is 38.8. The average molecular weight is 748 g/mol. The molecule has 0 N–H and O–H groups in total. The van der Waals surface area contributed by atoms with Crippen molar-refractivity contribution in [2.24, 2.45) is 15.4 Å². The highest BCUT2D eigenvalue weighted by Gasteiger charge is 2.34. The van der Waals surface area contributed by atoms with Gasteiger partial charge in [0.2, 0.25) is 0 Å². The van der Waals surface area contributed by atoms with Crippen LogP contribution in [-0.2, 0) is 0 Å². The van der Waals surface area contributed by atoms with E-state index < -0.39 is 0 Å². The van der Waals surface area contributed by atoms with Crippen LogP contribution in [0.15, 0.2) is 179 Å². The number of aromatic nitrogens is 5. The Morgan fingerprint density at radius 2 is 1.37 bits per heavy atom. The van der Waals surface area contributed by atoms with Gasteiger partial charge < -0.3 is 0 Å². The monoisotopic (exact) mass is 747 g/mol. The van der Waals surface area contributed by atoms with E-state index in [1.165, 1.54) is 11.1 Å². The number of aliphatic imine (C=N–C) groups is 2. The maximum atomic E-state index is 5.07. The molecule has 0 fully saturated rings. The van der Waals surface area contributed by atoms with E-state index in [0.717, 1.165) is 84.3 Å².